The zero-order valence-electron chi connectivity index (χ0n) is 11.2. The first-order chi connectivity index (χ1) is 9.13. The molecule has 1 fully saturated rings. The second-order valence-corrected chi connectivity index (χ2v) is 5.52. The molecule has 1 aromatic rings. The van der Waals surface area contributed by atoms with E-state index in [9.17, 15) is 4.39 Å². The van der Waals surface area contributed by atoms with Crippen LogP contribution in [-0.2, 0) is 0 Å². The molecule has 0 spiro atoms. The molecule has 1 aliphatic heterocycles. The van der Waals surface area contributed by atoms with E-state index in [1.165, 1.54) is 31.5 Å². The Balaban J connectivity index is 1.73. The highest BCUT2D eigenvalue weighted by Crippen LogP contribution is 2.14. The molecule has 0 aliphatic carbocycles. The number of rotatable bonds is 3. The quantitative estimate of drug-likeness (QED) is 0.832. The maximum absolute atomic E-state index is 12.8. The summed E-state index contributed by atoms with van der Waals surface area (Å²) >= 11 is 5.24. The lowest BCUT2D eigenvalue weighted by atomic mass is 9.99. The summed E-state index contributed by atoms with van der Waals surface area (Å²) in [5, 5.41) is 6.89. The molecule has 0 radical (unpaired) electrons. The summed E-state index contributed by atoms with van der Waals surface area (Å²) in [5.41, 5.74) is 0.805. The first kappa shape index (κ1) is 14.2. The van der Waals surface area contributed by atoms with Crippen molar-refractivity contribution in [2.45, 2.75) is 12.8 Å². The lowest BCUT2D eigenvalue weighted by Crippen LogP contribution is -2.40. The highest BCUT2D eigenvalue weighted by atomic mass is 32.1. The molecule has 2 rings (SSSR count). The number of hydrogen-bond donors (Lipinski definition) is 2. The topological polar surface area (TPSA) is 27.3 Å². The lowest BCUT2D eigenvalue weighted by molar-refractivity contribution is 0.211. The molecule has 1 aromatic carbocycles. The molecule has 0 saturated carbocycles. The van der Waals surface area contributed by atoms with Gasteiger partial charge in [0.25, 0.3) is 0 Å². The van der Waals surface area contributed by atoms with E-state index < -0.39 is 0 Å². The minimum Gasteiger partial charge on any atom is -0.362 e. The Labute approximate surface area is 119 Å². The van der Waals surface area contributed by atoms with Crippen LogP contribution in [0.3, 0.4) is 0 Å². The van der Waals surface area contributed by atoms with Crippen molar-refractivity contribution in [1.82, 2.24) is 10.2 Å². The first-order valence-electron chi connectivity index (χ1n) is 6.62. The van der Waals surface area contributed by atoms with Gasteiger partial charge in [-0.05, 0) is 68.8 Å². The summed E-state index contributed by atoms with van der Waals surface area (Å²) in [6.45, 7) is 3.19. The average molecular weight is 281 g/mol. The Kier molecular flexibility index (Phi) is 5.10. The van der Waals surface area contributed by atoms with Crippen LogP contribution in [0.4, 0.5) is 10.1 Å². The van der Waals surface area contributed by atoms with Gasteiger partial charge in [-0.1, -0.05) is 0 Å². The van der Waals surface area contributed by atoms with Crippen LogP contribution in [0, 0.1) is 11.7 Å². The number of thiocarbonyl (C=S) groups is 1. The predicted molar refractivity (Wildman–Crippen MR) is 80.8 cm³/mol. The molecule has 0 amide bonds. The van der Waals surface area contributed by atoms with Crippen molar-refractivity contribution >= 4 is 23.0 Å². The standard InChI is InChI=1S/C14H20FN3S/c1-18-8-2-3-11(10-18)9-16-14(19)17-13-6-4-12(15)5-7-13/h4-7,11H,2-3,8-10H2,1H3,(H2,16,17,19)/t11-/m1/s1. The van der Waals surface area contributed by atoms with E-state index >= 15 is 0 Å². The van der Waals surface area contributed by atoms with Gasteiger partial charge >= 0.3 is 0 Å². The molecule has 1 saturated heterocycles. The van der Waals surface area contributed by atoms with E-state index in [0.717, 1.165) is 18.8 Å². The van der Waals surface area contributed by atoms with E-state index in [2.05, 4.69) is 22.6 Å². The number of hydrogen-bond acceptors (Lipinski definition) is 2. The maximum Gasteiger partial charge on any atom is 0.170 e. The Morgan fingerprint density at radius 1 is 1.42 bits per heavy atom. The van der Waals surface area contributed by atoms with Crippen LogP contribution in [0.5, 0.6) is 0 Å². The SMILES string of the molecule is CN1CCC[C@H](CNC(=S)Nc2ccc(F)cc2)C1. The molecule has 0 aromatic heterocycles. The zero-order chi connectivity index (χ0) is 13.7. The van der Waals surface area contributed by atoms with Crippen molar-refractivity contribution in [3.05, 3.63) is 30.1 Å². The second kappa shape index (κ2) is 6.82. The highest BCUT2D eigenvalue weighted by Gasteiger charge is 2.16. The second-order valence-electron chi connectivity index (χ2n) is 5.11. The van der Waals surface area contributed by atoms with E-state index in [0.29, 0.717) is 11.0 Å². The Morgan fingerprint density at radius 2 is 2.16 bits per heavy atom. The van der Waals surface area contributed by atoms with Crippen LogP contribution in [0.15, 0.2) is 24.3 Å². The third kappa shape index (κ3) is 4.76. The van der Waals surface area contributed by atoms with Crippen molar-refractivity contribution in [1.29, 1.82) is 0 Å². The summed E-state index contributed by atoms with van der Waals surface area (Å²) in [6, 6.07) is 6.19. The Morgan fingerprint density at radius 3 is 2.84 bits per heavy atom. The van der Waals surface area contributed by atoms with Crippen LogP contribution in [-0.4, -0.2) is 36.7 Å². The molecule has 0 bridgehead atoms. The summed E-state index contributed by atoms with van der Waals surface area (Å²) in [6.07, 6.45) is 2.50. The van der Waals surface area contributed by atoms with Gasteiger partial charge in [0, 0.05) is 18.8 Å². The maximum atomic E-state index is 12.8. The van der Waals surface area contributed by atoms with Gasteiger partial charge in [-0.2, -0.15) is 0 Å². The monoisotopic (exact) mass is 281 g/mol. The van der Waals surface area contributed by atoms with Gasteiger partial charge in [0.2, 0.25) is 0 Å². The molecule has 3 nitrogen and oxygen atoms in total. The smallest absolute Gasteiger partial charge is 0.170 e. The lowest BCUT2D eigenvalue weighted by Gasteiger charge is -2.30. The Hall–Kier alpha value is -1.20. The molecule has 1 aliphatic rings. The molecule has 0 unspecified atom stereocenters. The molecular weight excluding hydrogens is 261 g/mol. The van der Waals surface area contributed by atoms with E-state index in [4.69, 9.17) is 12.2 Å². The number of anilines is 1. The van der Waals surface area contributed by atoms with Gasteiger partial charge in [0.05, 0.1) is 0 Å². The van der Waals surface area contributed by atoms with Gasteiger partial charge < -0.3 is 15.5 Å². The van der Waals surface area contributed by atoms with Gasteiger partial charge in [-0.15, -0.1) is 0 Å². The minimum absolute atomic E-state index is 0.241. The molecule has 1 atom stereocenters. The number of likely N-dealkylation sites (tertiary alicyclic amines) is 1. The van der Waals surface area contributed by atoms with Crippen molar-refractivity contribution in [3.8, 4) is 0 Å². The summed E-state index contributed by atoms with van der Waals surface area (Å²) in [7, 11) is 2.15. The van der Waals surface area contributed by atoms with Crippen molar-refractivity contribution in [2.75, 3.05) is 32.0 Å². The molecule has 1 heterocycles. The number of halogens is 1. The number of nitrogens with one attached hydrogen (secondary N) is 2. The number of benzene rings is 1. The van der Waals surface area contributed by atoms with Crippen molar-refractivity contribution in [2.24, 2.45) is 5.92 Å². The first-order valence-corrected chi connectivity index (χ1v) is 7.03. The Bertz CT molecular complexity index is 421. The van der Waals surface area contributed by atoms with E-state index in [-0.39, 0.29) is 5.82 Å². The van der Waals surface area contributed by atoms with Crippen LogP contribution in [0.1, 0.15) is 12.8 Å². The van der Waals surface area contributed by atoms with E-state index in [1.807, 2.05) is 0 Å². The van der Waals surface area contributed by atoms with Gasteiger partial charge in [0.1, 0.15) is 5.82 Å². The third-order valence-electron chi connectivity index (χ3n) is 3.38. The third-order valence-corrected chi connectivity index (χ3v) is 3.62. The van der Waals surface area contributed by atoms with Crippen LogP contribution in [0.2, 0.25) is 0 Å². The average Bonchev–Trinajstić information content (AvgIpc) is 2.39. The van der Waals surface area contributed by atoms with Crippen molar-refractivity contribution < 1.29 is 4.39 Å². The predicted octanol–water partition coefficient (Wildman–Crippen LogP) is 2.45. The summed E-state index contributed by atoms with van der Waals surface area (Å²) in [4.78, 5) is 2.35. The molecule has 104 valence electrons. The summed E-state index contributed by atoms with van der Waals surface area (Å²) < 4.78 is 12.8. The van der Waals surface area contributed by atoms with Crippen molar-refractivity contribution in [3.63, 3.8) is 0 Å². The van der Waals surface area contributed by atoms with Gasteiger partial charge in [-0.3, -0.25) is 0 Å². The van der Waals surface area contributed by atoms with Crippen LogP contribution < -0.4 is 10.6 Å². The van der Waals surface area contributed by atoms with Crippen LogP contribution >= 0.6 is 12.2 Å². The van der Waals surface area contributed by atoms with Gasteiger partial charge in [-0.25, -0.2) is 4.39 Å². The van der Waals surface area contributed by atoms with Crippen LogP contribution in [0.25, 0.3) is 0 Å². The fourth-order valence-corrected chi connectivity index (χ4v) is 2.59. The number of piperidine rings is 1. The fourth-order valence-electron chi connectivity index (χ4n) is 2.39. The number of nitrogens with zero attached hydrogens (tertiary/aromatic N) is 1. The van der Waals surface area contributed by atoms with E-state index in [1.54, 1.807) is 12.1 Å². The highest BCUT2D eigenvalue weighted by molar-refractivity contribution is 7.80. The normalized spacial score (nSPS) is 20.0. The summed E-state index contributed by atoms with van der Waals surface area (Å²) in [5.74, 6) is 0.404. The minimum atomic E-state index is -0.241. The van der Waals surface area contributed by atoms with Gasteiger partial charge in [0.15, 0.2) is 5.11 Å². The molecule has 5 heteroatoms. The molecule has 19 heavy (non-hydrogen) atoms. The molecular formula is C14H20FN3S. The fraction of sp³-hybridized carbons (Fsp3) is 0.500. The zero-order valence-corrected chi connectivity index (χ0v) is 12.0. The molecule has 2 N–H and O–H groups in total. The largest absolute Gasteiger partial charge is 0.362 e.